The SMILES string of the molecule is CC(C)(C)c1cncc(OC[C@@H](N)CNCC2CCCCC2)c1. The molecule has 1 saturated carbocycles. The van der Waals surface area contributed by atoms with Gasteiger partial charge in [-0.25, -0.2) is 0 Å². The van der Waals surface area contributed by atoms with Crippen molar-refractivity contribution in [2.45, 2.75) is 64.3 Å². The second-order valence-electron chi connectivity index (χ2n) is 7.89. The topological polar surface area (TPSA) is 60.2 Å². The predicted molar refractivity (Wildman–Crippen MR) is 95.9 cm³/mol. The summed E-state index contributed by atoms with van der Waals surface area (Å²) in [5, 5.41) is 3.51. The minimum absolute atomic E-state index is 0.0110. The van der Waals surface area contributed by atoms with Gasteiger partial charge in [0.25, 0.3) is 0 Å². The van der Waals surface area contributed by atoms with E-state index in [4.69, 9.17) is 10.5 Å². The second kappa shape index (κ2) is 8.65. The number of hydrogen-bond donors (Lipinski definition) is 2. The first-order valence-electron chi connectivity index (χ1n) is 9.00. The fourth-order valence-corrected chi connectivity index (χ4v) is 3.03. The Kier molecular flexibility index (Phi) is 6.85. The monoisotopic (exact) mass is 319 g/mol. The second-order valence-corrected chi connectivity index (χ2v) is 7.89. The van der Waals surface area contributed by atoms with Gasteiger partial charge >= 0.3 is 0 Å². The van der Waals surface area contributed by atoms with Gasteiger partial charge in [0, 0.05) is 12.7 Å². The van der Waals surface area contributed by atoms with Crippen LogP contribution in [0.2, 0.25) is 0 Å². The first-order chi connectivity index (χ1) is 10.9. The van der Waals surface area contributed by atoms with Crippen molar-refractivity contribution in [2.24, 2.45) is 11.7 Å². The summed E-state index contributed by atoms with van der Waals surface area (Å²) in [5.74, 6) is 1.64. The smallest absolute Gasteiger partial charge is 0.137 e. The van der Waals surface area contributed by atoms with E-state index in [9.17, 15) is 0 Å². The molecule has 4 heteroatoms. The van der Waals surface area contributed by atoms with Crippen LogP contribution in [0.25, 0.3) is 0 Å². The zero-order valence-corrected chi connectivity index (χ0v) is 15.0. The fraction of sp³-hybridized carbons (Fsp3) is 0.737. The largest absolute Gasteiger partial charge is 0.490 e. The Morgan fingerprint density at radius 2 is 2.00 bits per heavy atom. The molecule has 0 radical (unpaired) electrons. The van der Waals surface area contributed by atoms with Crippen LogP contribution in [-0.2, 0) is 5.41 Å². The zero-order valence-electron chi connectivity index (χ0n) is 15.0. The standard InChI is InChI=1S/C19H33N3O/c1-19(2,3)16-9-18(13-22-11-16)23-14-17(20)12-21-10-15-7-5-4-6-8-15/h9,11,13,15,17,21H,4-8,10,12,14,20H2,1-3H3/t17-/m0/s1. The first kappa shape index (κ1) is 18.2. The van der Waals surface area contributed by atoms with Crippen LogP contribution in [0, 0.1) is 5.92 Å². The highest BCUT2D eigenvalue weighted by Crippen LogP contribution is 2.24. The van der Waals surface area contributed by atoms with Crippen molar-refractivity contribution in [3.05, 3.63) is 24.0 Å². The highest BCUT2D eigenvalue weighted by Gasteiger charge is 2.15. The van der Waals surface area contributed by atoms with Gasteiger partial charge < -0.3 is 15.8 Å². The average Bonchev–Trinajstić information content (AvgIpc) is 2.53. The minimum Gasteiger partial charge on any atom is -0.490 e. The molecule has 3 N–H and O–H groups in total. The molecular formula is C19H33N3O. The van der Waals surface area contributed by atoms with Gasteiger partial charge in [-0.3, -0.25) is 4.98 Å². The Labute approximate surface area is 141 Å². The highest BCUT2D eigenvalue weighted by atomic mass is 16.5. The van der Waals surface area contributed by atoms with Gasteiger partial charge in [-0.05, 0) is 42.3 Å². The molecule has 1 aliphatic carbocycles. The molecule has 0 aliphatic heterocycles. The summed E-state index contributed by atoms with van der Waals surface area (Å²) in [6, 6.07) is 2.08. The molecule has 23 heavy (non-hydrogen) atoms. The Morgan fingerprint density at radius 1 is 1.26 bits per heavy atom. The molecule has 1 fully saturated rings. The number of nitrogens with one attached hydrogen (secondary N) is 1. The summed E-state index contributed by atoms with van der Waals surface area (Å²) in [6.45, 7) is 8.95. The minimum atomic E-state index is 0.0110. The summed E-state index contributed by atoms with van der Waals surface area (Å²) in [7, 11) is 0. The van der Waals surface area contributed by atoms with Crippen LogP contribution in [0.3, 0.4) is 0 Å². The van der Waals surface area contributed by atoms with E-state index in [2.05, 4.69) is 37.1 Å². The molecule has 0 saturated heterocycles. The van der Waals surface area contributed by atoms with Crippen LogP contribution in [0.15, 0.2) is 18.5 Å². The van der Waals surface area contributed by atoms with E-state index < -0.39 is 0 Å². The third-order valence-corrected chi connectivity index (χ3v) is 4.61. The maximum Gasteiger partial charge on any atom is 0.137 e. The summed E-state index contributed by atoms with van der Waals surface area (Å²) in [5.41, 5.74) is 7.41. The Hall–Kier alpha value is -1.13. The van der Waals surface area contributed by atoms with Gasteiger partial charge in [0.05, 0.1) is 12.2 Å². The van der Waals surface area contributed by atoms with E-state index in [0.29, 0.717) is 6.61 Å². The van der Waals surface area contributed by atoms with E-state index in [1.165, 1.54) is 37.7 Å². The molecule has 0 unspecified atom stereocenters. The van der Waals surface area contributed by atoms with Crippen LogP contribution in [0.1, 0.15) is 58.4 Å². The van der Waals surface area contributed by atoms with E-state index in [0.717, 1.165) is 24.8 Å². The lowest BCUT2D eigenvalue weighted by Crippen LogP contribution is -2.40. The van der Waals surface area contributed by atoms with Crippen LogP contribution < -0.4 is 15.8 Å². The molecule has 0 spiro atoms. The molecule has 1 atom stereocenters. The molecule has 1 aliphatic rings. The van der Waals surface area contributed by atoms with E-state index >= 15 is 0 Å². The summed E-state index contributed by atoms with van der Waals surface area (Å²) in [4.78, 5) is 4.27. The molecule has 0 amide bonds. The molecule has 0 bridgehead atoms. The van der Waals surface area contributed by atoms with E-state index in [1.54, 1.807) is 6.20 Å². The molecule has 1 aromatic heterocycles. The van der Waals surface area contributed by atoms with Crippen LogP contribution in [0.5, 0.6) is 5.75 Å². The summed E-state index contributed by atoms with van der Waals surface area (Å²) in [6.07, 6.45) is 10.6. The van der Waals surface area contributed by atoms with Gasteiger partial charge in [0.15, 0.2) is 0 Å². The molecule has 1 heterocycles. The molecule has 0 aromatic carbocycles. The zero-order chi connectivity index (χ0) is 16.7. The third kappa shape index (κ3) is 6.48. The van der Waals surface area contributed by atoms with Crippen LogP contribution in [0.4, 0.5) is 0 Å². The molecule has 1 aromatic rings. The normalized spacial score (nSPS) is 17.9. The van der Waals surface area contributed by atoms with Crippen molar-refractivity contribution in [2.75, 3.05) is 19.7 Å². The van der Waals surface area contributed by atoms with Crippen molar-refractivity contribution in [1.82, 2.24) is 10.3 Å². The molecule has 2 rings (SSSR count). The van der Waals surface area contributed by atoms with Crippen molar-refractivity contribution in [3.8, 4) is 5.75 Å². The number of ether oxygens (including phenoxy) is 1. The van der Waals surface area contributed by atoms with Crippen molar-refractivity contribution < 1.29 is 4.74 Å². The number of nitrogens with zero attached hydrogens (tertiary/aromatic N) is 1. The van der Waals surface area contributed by atoms with E-state index in [-0.39, 0.29) is 11.5 Å². The third-order valence-electron chi connectivity index (χ3n) is 4.61. The maximum absolute atomic E-state index is 6.15. The lowest BCUT2D eigenvalue weighted by molar-refractivity contribution is 0.275. The lowest BCUT2D eigenvalue weighted by atomic mass is 9.88. The number of pyridine rings is 1. The van der Waals surface area contributed by atoms with Gasteiger partial charge in [0.1, 0.15) is 12.4 Å². The predicted octanol–water partition coefficient (Wildman–Crippen LogP) is 3.26. The quantitative estimate of drug-likeness (QED) is 0.810. The number of nitrogens with two attached hydrogens (primary N) is 1. The highest BCUT2D eigenvalue weighted by molar-refractivity contribution is 5.28. The number of rotatable bonds is 7. The van der Waals surface area contributed by atoms with Crippen molar-refractivity contribution >= 4 is 0 Å². The Balaban J connectivity index is 1.68. The van der Waals surface area contributed by atoms with E-state index in [1.807, 2.05) is 6.20 Å². The Bertz CT molecular complexity index is 464. The summed E-state index contributed by atoms with van der Waals surface area (Å²) >= 11 is 0. The number of hydrogen-bond acceptors (Lipinski definition) is 4. The van der Waals surface area contributed by atoms with Crippen molar-refractivity contribution in [3.63, 3.8) is 0 Å². The first-order valence-corrected chi connectivity index (χ1v) is 9.00. The van der Waals surface area contributed by atoms with Gasteiger partial charge in [0.2, 0.25) is 0 Å². The van der Waals surface area contributed by atoms with Gasteiger partial charge in [-0.1, -0.05) is 40.0 Å². The summed E-state index contributed by atoms with van der Waals surface area (Å²) < 4.78 is 5.82. The molecule has 130 valence electrons. The van der Waals surface area contributed by atoms with Gasteiger partial charge in [-0.2, -0.15) is 0 Å². The van der Waals surface area contributed by atoms with Gasteiger partial charge in [-0.15, -0.1) is 0 Å². The lowest BCUT2D eigenvalue weighted by Gasteiger charge is -2.23. The van der Waals surface area contributed by atoms with Crippen LogP contribution in [-0.4, -0.2) is 30.7 Å². The Morgan fingerprint density at radius 3 is 2.70 bits per heavy atom. The van der Waals surface area contributed by atoms with Crippen LogP contribution >= 0.6 is 0 Å². The molecular weight excluding hydrogens is 286 g/mol. The maximum atomic E-state index is 6.15. The number of aromatic nitrogens is 1. The average molecular weight is 319 g/mol. The van der Waals surface area contributed by atoms with Crippen molar-refractivity contribution in [1.29, 1.82) is 0 Å². The fourth-order valence-electron chi connectivity index (χ4n) is 3.03. The molecule has 4 nitrogen and oxygen atoms in total.